The number of anilines is 1. The van der Waals surface area contributed by atoms with Crippen molar-refractivity contribution in [2.24, 2.45) is 9.98 Å². The third kappa shape index (κ3) is 7.44. The molecule has 1 atom stereocenters. The number of rotatable bonds is 10. The first-order valence-electron chi connectivity index (χ1n) is 13.9. The number of hydrogen-bond donors (Lipinski definition) is 2. The number of aliphatic imine (C=N–C) groups is 2. The van der Waals surface area contributed by atoms with Gasteiger partial charge in [-0.15, -0.1) is 0 Å². The fourth-order valence-electron chi connectivity index (χ4n) is 5.13. The van der Waals surface area contributed by atoms with E-state index in [2.05, 4.69) is 50.5 Å². The van der Waals surface area contributed by atoms with E-state index in [1.165, 1.54) is 10.5 Å². The highest BCUT2D eigenvalue weighted by Gasteiger charge is 2.36. The zero-order valence-corrected chi connectivity index (χ0v) is 24.7. The van der Waals surface area contributed by atoms with Gasteiger partial charge in [0.2, 0.25) is 15.9 Å². The van der Waals surface area contributed by atoms with Crippen LogP contribution in [0.5, 0.6) is 0 Å². The average molecular weight is 596 g/mol. The molecule has 220 valence electrons. The largest absolute Gasteiger partial charge is 0.323 e. The molecular formula is C32H33N7O3S. The summed E-state index contributed by atoms with van der Waals surface area (Å²) in [5.74, 6) is -0.0674. The van der Waals surface area contributed by atoms with Crippen molar-refractivity contribution >= 4 is 39.9 Å². The third-order valence-electron chi connectivity index (χ3n) is 7.14. The number of pyridine rings is 2. The summed E-state index contributed by atoms with van der Waals surface area (Å²) in [6, 6.07) is 22.8. The van der Waals surface area contributed by atoms with Gasteiger partial charge >= 0.3 is 0 Å². The van der Waals surface area contributed by atoms with Gasteiger partial charge < -0.3 is 10.6 Å². The minimum atomic E-state index is -3.49. The second-order valence-corrected chi connectivity index (χ2v) is 12.1. The molecule has 1 saturated heterocycles. The van der Waals surface area contributed by atoms with E-state index in [-0.39, 0.29) is 0 Å². The quantitative estimate of drug-likeness (QED) is 0.204. The molecule has 3 heterocycles. The standard InChI is InChI=1S/C32H33N7O3S/c1-33-31(24-18-26(21-34-19-24)37-32(40)30-15-9-17-39(30)43(2,41)42)38-29-14-8-13-27(23-10-4-3-5-11-23)28(29)22-35-20-25-12-6-7-16-36-25/h3-8,10-14,16,18-19,21,30,35H,1,9,15,17,20,22H2,2H3,(H,37,40)/b38-31-/t30-/m0/s1. The molecule has 10 nitrogen and oxygen atoms in total. The summed E-state index contributed by atoms with van der Waals surface area (Å²) in [5, 5.41) is 6.30. The number of hydrogen-bond acceptors (Lipinski definition) is 7. The van der Waals surface area contributed by atoms with Gasteiger partial charge in [-0.3, -0.25) is 14.8 Å². The number of amidine groups is 1. The molecule has 1 fully saturated rings. The van der Waals surface area contributed by atoms with Crippen LogP contribution in [0.2, 0.25) is 0 Å². The van der Waals surface area contributed by atoms with E-state index >= 15 is 0 Å². The van der Waals surface area contributed by atoms with Crippen molar-refractivity contribution in [1.82, 2.24) is 19.6 Å². The fourth-order valence-corrected chi connectivity index (χ4v) is 6.26. The Balaban J connectivity index is 1.43. The van der Waals surface area contributed by atoms with Crippen LogP contribution >= 0.6 is 0 Å². The Bertz CT molecular complexity index is 1730. The van der Waals surface area contributed by atoms with Crippen molar-refractivity contribution in [2.45, 2.75) is 32.0 Å². The summed E-state index contributed by atoms with van der Waals surface area (Å²) in [6.07, 6.45) is 7.08. The molecule has 5 rings (SSSR count). The van der Waals surface area contributed by atoms with Crippen LogP contribution in [0.1, 0.15) is 29.7 Å². The maximum atomic E-state index is 13.0. The number of aromatic nitrogens is 2. The first kappa shape index (κ1) is 29.9. The molecule has 0 saturated carbocycles. The highest BCUT2D eigenvalue weighted by Crippen LogP contribution is 2.32. The molecule has 0 radical (unpaired) electrons. The van der Waals surface area contributed by atoms with E-state index in [1.807, 2.05) is 48.5 Å². The van der Waals surface area contributed by atoms with E-state index < -0.39 is 22.0 Å². The Kier molecular flexibility index (Phi) is 9.45. The summed E-state index contributed by atoms with van der Waals surface area (Å²) in [6.45, 7) is 5.18. The Morgan fingerprint density at radius 1 is 1.05 bits per heavy atom. The average Bonchev–Trinajstić information content (AvgIpc) is 3.53. The SMILES string of the molecule is C=N/C(=N\c1cccc(-c2ccccc2)c1CNCc1ccccn1)c1cncc(NC(=O)[C@@H]2CCCN2S(C)(=O)=O)c1. The third-order valence-corrected chi connectivity index (χ3v) is 8.43. The normalized spacial score (nSPS) is 15.7. The number of carbonyl (C=O) groups is 1. The second-order valence-electron chi connectivity index (χ2n) is 10.2. The number of benzene rings is 2. The monoisotopic (exact) mass is 595 g/mol. The molecule has 2 aromatic carbocycles. The molecule has 1 aliphatic rings. The molecule has 4 aromatic rings. The summed E-state index contributed by atoms with van der Waals surface area (Å²) in [5.41, 5.74) is 5.67. The van der Waals surface area contributed by atoms with Crippen LogP contribution in [0.4, 0.5) is 11.4 Å². The Morgan fingerprint density at radius 3 is 2.60 bits per heavy atom. The van der Waals surface area contributed by atoms with Gasteiger partial charge in [0.1, 0.15) is 6.04 Å². The number of sulfonamides is 1. The van der Waals surface area contributed by atoms with E-state index in [1.54, 1.807) is 18.5 Å². The van der Waals surface area contributed by atoms with Crippen LogP contribution in [0, 0.1) is 0 Å². The smallest absolute Gasteiger partial charge is 0.242 e. The summed E-state index contributed by atoms with van der Waals surface area (Å²) in [7, 11) is -3.49. The van der Waals surface area contributed by atoms with Crippen LogP contribution in [-0.4, -0.2) is 60.0 Å². The predicted molar refractivity (Wildman–Crippen MR) is 170 cm³/mol. The molecule has 1 aliphatic heterocycles. The minimum Gasteiger partial charge on any atom is -0.323 e. The van der Waals surface area contributed by atoms with E-state index in [4.69, 9.17) is 4.99 Å². The lowest BCUT2D eigenvalue weighted by molar-refractivity contribution is -0.119. The Morgan fingerprint density at radius 2 is 1.86 bits per heavy atom. The van der Waals surface area contributed by atoms with Gasteiger partial charge in [-0.05, 0) is 60.5 Å². The van der Waals surface area contributed by atoms with Crippen molar-refractivity contribution in [3.63, 3.8) is 0 Å². The highest BCUT2D eigenvalue weighted by atomic mass is 32.2. The lowest BCUT2D eigenvalue weighted by atomic mass is 9.98. The second kappa shape index (κ2) is 13.6. The highest BCUT2D eigenvalue weighted by molar-refractivity contribution is 7.88. The van der Waals surface area contributed by atoms with Crippen LogP contribution in [-0.2, 0) is 27.9 Å². The van der Waals surface area contributed by atoms with Crippen LogP contribution in [0.3, 0.4) is 0 Å². The van der Waals surface area contributed by atoms with Crippen molar-refractivity contribution < 1.29 is 13.2 Å². The number of amides is 1. The van der Waals surface area contributed by atoms with Crippen molar-refractivity contribution in [3.8, 4) is 11.1 Å². The first-order chi connectivity index (χ1) is 20.8. The Hall–Kier alpha value is -4.58. The molecule has 0 unspecified atom stereocenters. The van der Waals surface area contributed by atoms with Gasteiger partial charge in [0, 0.05) is 37.6 Å². The topological polar surface area (TPSA) is 129 Å². The van der Waals surface area contributed by atoms with E-state index in [9.17, 15) is 13.2 Å². The van der Waals surface area contributed by atoms with Gasteiger partial charge in [-0.1, -0.05) is 48.5 Å². The summed E-state index contributed by atoms with van der Waals surface area (Å²) >= 11 is 0. The van der Waals surface area contributed by atoms with Crippen molar-refractivity contribution in [1.29, 1.82) is 0 Å². The van der Waals surface area contributed by atoms with Crippen molar-refractivity contribution in [3.05, 3.63) is 108 Å². The maximum Gasteiger partial charge on any atom is 0.242 e. The van der Waals surface area contributed by atoms with Gasteiger partial charge in [0.15, 0.2) is 5.84 Å². The molecule has 2 aromatic heterocycles. The lowest BCUT2D eigenvalue weighted by Crippen LogP contribution is -2.42. The summed E-state index contributed by atoms with van der Waals surface area (Å²) in [4.78, 5) is 30.8. The number of nitrogens with one attached hydrogen (secondary N) is 2. The van der Waals surface area contributed by atoms with Crippen LogP contribution in [0.15, 0.2) is 101 Å². The number of nitrogens with zero attached hydrogens (tertiary/aromatic N) is 5. The number of carbonyl (C=O) groups excluding carboxylic acids is 1. The maximum absolute atomic E-state index is 13.0. The fraction of sp³-hybridized carbons (Fsp3) is 0.219. The van der Waals surface area contributed by atoms with Crippen LogP contribution < -0.4 is 10.6 Å². The van der Waals surface area contributed by atoms with Gasteiger partial charge in [-0.25, -0.2) is 18.4 Å². The minimum absolute atomic E-state index is 0.327. The van der Waals surface area contributed by atoms with Crippen molar-refractivity contribution in [2.75, 3.05) is 18.1 Å². The molecule has 11 heteroatoms. The zero-order chi connectivity index (χ0) is 30.2. The molecule has 0 spiro atoms. The molecule has 43 heavy (non-hydrogen) atoms. The Labute approximate surface area is 251 Å². The molecule has 0 bridgehead atoms. The van der Waals surface area contributed by atoms with E-state index in [0.29, 0.717) is 55.2 Å². The van der Waals surface area contributed by atoms with Crippen LogP contribution in [0.25, 0.3) is 11.1 Å². The van der Waals surface area contributed by atoms with Gasteiger partial charge in [0.05, 0.1) is 29.5 Å². The predicted octanol–water partition coefficient (Wildman–Crippen LogP) is 4.57. The van der Waals surface area contributed by atoms with Gasteiger partial charge in [0.25, 0.3) is 0 Å². The first-order valence-corrected chi connectivity index (χ1v) is 15.7. The molecule has 1 amide bonds. The molecule has 2 N–H and O–H groups in total. The molecular weight excluding hydrogens is 562 g/mol. The van der Waals surface area contributed by atoms with Gasteiger partial charge in [-0.2, -0.15) is 4.31 Å². The zero-order valence-electron chi connectivity index (χ0n) is 23.8. The summed E-state index contributed by atoms with van der Waals surface area (Å²) < 4.78 is 25.5. The van der Waals surface area contributed by atoms with E-state index in [0.717, 1.165) is 28.6 Å². The molecule has 0 aliphatic carbocycles. The lowest BCUT2D eigenvalue weighted by Gasteiger charge is -2.21.